The molecule has 2 aromatic rings. The summed E-state index contributed by atoms with van der Waals surface area (Å²) in [6, 6.07) is 7.68. The highest BCUT2D eigenvalue weighted by Gasteiger charge is 2.17. The van der Waals surface area contributed by atoms with Crippen LogP contribution in [-0.2, 0) is 6.42 Å². The summed E-state index contributed by atoms with van der Waals surface area (Å²) in [5.74, 6) is 1.65. The van der Waals surface area contributed by atoms with E-state index < -0.39 is 6.10 Å². The van der Waals surface area contributed by atoms with Crippen molar-refractivity contribution in [2.24, 2.45) is 0 Å². The maximum Gasteiger partial charge on any atom is 0.203 e. The molecule has 4 nitrogen and oxygen atoms in total. The number of methoxy groups -OCH3 is 3. The van der Waals surface area contributed by atoms with Gasteiger partial charge in [0.25, 0.3) is 0 Å². The van der Waals surface area contributed by atoms with Crippen LogP contribution < -0.4 is 14.2 Å². The first-order valence-electron chi connectivity index (χ1n) is 6.70. The number of aliphatic hydroxyl groups excluding tert-OH is 1. The highest BCUT2D eigenvalue weighted by atomic mass is 32.1. The van der Waals surface area contributed by atoms with E-state index in [4.69, 9.17) is 14.2 Å². The van der Waals surface area contributed by atoms with E-state index >= 15 is 0 Å². The highest BCUT2D eigenvalue weighted by molar-refractivity contribution is 7.09. The van der Waals surface area contributed by atoms with Gasteiger partial charge in [0, 0.05) is 4.88 Å². The van der Waals surface area contributed by atoms with Crippen molar-refractivity contribution < 1.29 is 19.3 Å². The number of benzene rings is 1. The SMILES string of the molecule is COc1cc(C(O)CCc2cccs2)cc(OC)c1OC. The normalized spacial score (nSPS) is 12.0. The molecule has 0 aliphatic rings. The summed E-state index contributed by atoms with van der Waals surface area (Å²) in [5, 5.41) is 12.4. The number of aryl methyl sites for hydroxylation is 1. The smallest absolute Gasteiger partial charge is 0.203 e. The second-order valence-electron chi connectivity index (χ2n) is 4.59. The average molecular weight is 308 g/mol. The molecule has 1 heterocycles. The summed E-state index contributed by atoms with van der Waals surface area (Å²) in [6.07, 6.45) is 0.926. The van der Waals surface area contributed by atoms with Gasteiger partial charge in [-0.1, -0.05) is 6.07 Å². The maximum absolute atomic E-state index is 10.4. The Hall–Kier alpha value is -1.72. The third-order valence-electron chi connectivity index (χ3n) is 3.32. The number of hydrogen-bond acceptors (Lipinski definition) is 5. The Bertz CT molecular complexity index is 541. The summed E-state index contributed by atoms with van der Waals surface area (Å²) in [4.78, 5) is 1.27. The van der Waals surface area contributed by atoms with Gasteiger partial charge in [0.1, 0.15) is 0 Å². The summed E-state index contributed by atoms with van der Waals surface area (Å²) in [6.45, 7) is 0. The van der Waals surface area contributed by atoms with E-state index in [-0.39, 0.29) is 0 Å². The Labute approximate surface area is 128 Å². The minimum Gasteiger partial charge on any atom is -0.493 e. The van der Waals surface area contributed by atoms with Gasteiger partial charge in [-0.25, -0.2) is 0 Å². The predicted octanol–water partition coefficient (Wildman–Crippen LogP) is 3.44. The van der Waals surface area contributed by atoms with Crippen LogP contribution in [0.5, 0.6) is 17.2 Å². The standard InChI is InChI=1S/C16H20O4S/c1-18-14-9-11(10-15(19-2)16(14)20-3)13(17)7-6-12-5-4-8-21-12/h4-5,8-10,13,17H,6-7H2,1-3H3. The third kappa shape index (κ3) is 3.68. The maximum atomic E-state index is 10.4. The van der Waals surface area contributed by atoms with Crippen LogP contribution in [0.1, 0.15) is 23.0 Å². The zero-order chi connectivity index (χ0) is 15.2. The molecular weight excluding hydrogens is 288 g/mol. The van der Waals surface area contributed by atoms with Crippen LogP contribution in [-0.4, -0.2) is 26.4 Å². The van der Waals surface area contributed by atoms with Crippen molar-refractivity contribution in [3.63, 3.8) is 0 Å². The third-order valence-corrected chi connectivity index (χ3v) is 4.25. The molecule has 21 heavy (non-hydrogen) atoms. The van der Waals surface area contributed by atoms with Crippen molar-refractivity contribution in [3.05, 3.63) is 40.1 Å². The quantitative estimate of drug-likeness (QED) is 0.851. The largest absolute Gasteiger partial charge is 0.493 e. The molecule has 1 N–H and O–H groups in total. The van der Waals surface area contributed by atoms with E-state index in [1.165, 1.54) is 4.88 Å². The van der Waals surface area contributed by atoms with Crippen LogP contribution in [0.4, 0.5) is 0 Å². The molecule has 0 bridgehead atoms. The Morgan fingerprint density at radius 3 is 2.24 bits per heavy atom. The summed E-state index contributed by atoms with van der Waals surface area (Å²) in [5.41, 5.74) is 0.765. The topological polar surface area (TPSA) is 47.9 Å². The minimum absolute atomic E-state index is 0.536. The van der Waals surface area contributed by atoms with Gasteiger partial charge in [0.05, 0.1) is 27.4 Å². The molecule has 1 unspecified atom stereocenters. The average Bonchev–Trinajstić information content (AvgIpc) is 3.04. The lowest BCUT2D eigenvalue weighted by atomic mass is 10.0. The minimum atomic E-state index is -0.569. The number of aliphatic hydroxyl groups is 1. The van der Waals surface area contributed by atoms with Gasteiger partial charge in [-0.15, -0.1) is 11.3 Å². The lowest BCUT2D eigenvalue weighted by Crippen LogP contribution is -2.02. The number of hydrogen-bond donors (Lipinski definition) is 1. The van der Waals surface area contributed by atoms with Gasteiger partial charge in [0.2, 0.25) is 5.75 Å². The van der Waals surface area contributed by atoms with Gasteiger partial charge >= 0.3 is 0 Å². The van der Waals surface area contributed by atoms with Crippen molar-refractivity contribution >= 4 is 11.3 Å². The lowest BCUT2D eigenvalue weighted by molar-refractivity contribution is 0.167. The molecule has 0 fully saturated rings. The first kappa shape index (κ1) is 15.7. The zero-order valence-corrected chi connectivity index (χ0v) is 13.3. The van der Waals surface area contributed by atoms with Crippen molar-refractivity contribution in [1.29, 1.82) is 0 Å². The fourth-order valence-electron chi connectivity index (χ4n) is 2.19. The van der Waals surface area contributed by atoms with Crippen LogP contribution in [0, 0.1) is 0 Å². The molecule has 1 aromatic heterocycles. The fraction of sp³-hybridized carbons (Fsp3) is 0.375. The molecule has 1 aromatic carbocycles. The van der Waals surface area contributed by atoms with Gasteiger partial charge in [-0.2, -0.15) is 0 Å². The second kappa shape index (κ2) is 7.33. The Balaban J connectivity index is 2.18. The molecule has 0 aliphatic carbocycles. The second-order valence-corrected chi connectivity index (χ2v) is 5.62. The Morgan fingerprint density at radius 1 is 1.10 bits per heavy atom. The van der Waals surface area contributed by atoms with E-state index in [1.807, 2.05) is 11.4 Å². The molecule has 0 amide bonds. The van der Waals surface area contributed by atoms with Crippen LogP contribution in [0.25, 0.3) is 0 Å². The molecule has 2 rings (SSSR count). The van der Waals surface area contributed by atoms with Gasteiger partial charge in [0.15, 0.2) is 11.5 Å². The van der Waals surface area contributed by atoms with Crippen molar-refractivity contribution in [2.75, 3.05) is 21.3 Å². The number of ether oxygens (including phenoxy) is 3. The molecule has 114 valence electrons. The van der Waals surface area contributed by atoms with Crippen molar-refractivity contribution in [3.8, 4) is 17.2 Å². The molecular formula is C16H20O4S. The predicted molar refractivity (Wildman–Crippen MR) is 83.7 cm³/mol. The van der Waals surface area contributed by atoms with Crippen molar-refractivity contribution in [1.82, 2.24) is 0 Å². The van der Waals surface area contributed by atoms with Crippen molar-refractivity contribution in [2.45, 2.75) is 18.9 Å². The van der Waals surface area contributed by atoms with Crippen LogP contribution in [0.3, 0.4) is 0 Å². The number of thiophene rings is 1. The van der Waals surface area contributed by atoms with E-state index in [1.54, 1.807) is 44.8 Å². The van der Waals surface area contributed by atoms with E-state index in [0.29, 0.717) is 23.7 Å². The van der Waals surface area contributed by atoms with Crippen LogP contribution >= 0.6 is 11.3 Å². The van der Waals surface area contributed by atoms with Gasteiger partial charge < -0.3 is 19.3 Å². The Morgan fingerprint density at radius 2 is 1.76 bits per heavy atom. The van der Waals surface area contributed by atoms with Crippen LogP contribution in [0.2, 0.25) is 0 Å². The molecule has 0 radical (unpaired) electrons. The highest BCUT2D eigenvalue weighted by Crippen LogP contribution is 2.40. The lowest BCUT2D eigenvalue weighted by Gasteiger charge is -2.17. The summed E-state index contributed by atoms with van der Waals surface area (Å²) >= 11 is 1.70. The van der Waals surface area contributed by atoms with E-state index in [0.717, 1.165) is 12.0 Å². The first-order chi connectivity index (χ1) is 10.2. The zero-order valence-electron chi connectivity index (χ0n) is 12.5. The summed E-state index contributed by atoms with van der Waals surface area (Å²) < 4.78 is 15.9. The monoisotopic (exact) mass is 308 g/mol. The van der Waals surface area contributed by atoms with E-state index in [9.17, 15) is 5.11 Å². The van der Waals surface area contributed by atoms with Gasteiger partial charge in [-0.3, -0.25) is 0 Å². The van der Waals surface area contributed by atoms with Gasteiger partial charge in [-0.05, 0) is 42.0 Å². The summed E-state index contributed by atoms with van der Waals surface area (Å²) in [7, 11) is 4.70. The molecule has 1 atom stereocenters. The fourth-order valence-corrected chi connectivity index (χ4v) is 2.92. The molecule has 5 heteroatoms. The van der Waals surface area contributed by atoms with E-state index in [2.05, 4.69) is 6.07 Å². The molecule has 0 aliphatic heterocycles. The Kier molecular flexibility index (Phi) is 5.47. The molecule has 0 spiro atoms. The first-order valence-corrected chi connectivity index (χ1v) is 7.58. The number of rotatable bonds is 7. The van der Waals surface area contributed by atoms with Crippen LogP contribution in [0.15, 0.2) is 29.6 Å². The molecule has 0 saturated carbocycles. The molecule has 0 saturated heterocycles.